The lowest BCUT2D eigenvalue weighted by atomic mass is 9.70. The smallest absolute Gasteiger partial charge is 0.325 e. The van der Waals surface area contributed by atoms with Crippen molar-refractivity contribution in [3.8, 4) is 0 Å². The molecule has 0 spiro atoms. The molecule has 4 heterocycles. The third-order valence-corrected chi connectivity index (χ3v) is 8.76. The lowest BCUT2D eigenvalue weighted by Gasteiger charge is -2.44. The molecule has 206 valence electrons. The molecule has 2 atom stereocenters. The third-order valence-electron chi connectivity index (χ3n) is 8.76. The van der Waals surface area contributed by atoms with Gasteiger partial charge in [-0.25, -0.2) is 4.98 Å². The third kappa shape index (κ3) is 6.05. The molecule has 2 saturated heterocycles. The number of hydrogen-bond donors (Lipinski definition) is 2. The van der Waals surface area contributed by atoms with Crippen LogP contribution in [0.3, 0.4) is 0 Å². The number of aryl methyl sites for hydroxylation is 2. The Labute approximate surface area is 226 Å². The number of likely N-dealkylation sites (tertiary alicyclic amines) is 1. The second-order valence-corrected chi connectivity index (χ2v) is 11.7. The maximum Gasteiger partial charge on any atom is 0.325 e. The molecule has 2 aromatic rings. The molecule has 2 N–H and O–H groups in total. The quantitative estimate of drug-likeness (QED) is 0.381. The van der Waals surface area contributed by atoms with Crippen LogP contribution in [0.15, 0.2) is 36.4 Å². The number of aromatic nitrogens is 1. The van der Waals surface area contributed by atoms with Gasteiger partial charge in [-0.05, 0) is 72.6 Å². The Morgan fingerprint density at radius 1 is 1.21 bits per heavy atom. The zero-order valence-corrected chi connectivity index (χ0v) is 23.0. The van der Waals surface area contributed by atoms with E-state index in [9.17, 15) is 9.90 Å². The van der Waals surface area contributed by atoms with Crippen molar-refractivity contribution in [1.29, 1.82) is 0 Å². The average Bonchev–Trinajstić information content (AvgIpc) is 3.45. The average molecular weight is 522 g/mol. The van der Waals surface area contributed by atoms with Gasteiger partial charge in [0.15, 0.2) is 0 Å². The number of aliphatic carboxylic acids is 1. The van der Waals surface area contributed by atoms with Gasteiger partial charge in [-0.1, -0.05) is 50.6 Å². The minimum Gasteiger partial charge on any atom is -0.480 e. The highest BCUT2D eigenvalue weighted by Gasteiger charge is 2.42. The van der Waals surface area contributed by atoms with E-state index >= 15 is 0 Å². The van der Waals surface area contributed by atoms with Crippen molar-refractivity contribution >= 4 is 11.8 Å². The number of carbonyl (C=O) groups is 1. The summed E-state index contributed by atoms with van der Waals surface area (Å²) in [5, 5.41) is 13.6. The predicted molar refractivity (Wildman–Crippen MR) is 149 cm³/mol. The van der Waals surface area contributed by atoms with Crippen LogP contribution in [0.1, 0.15) is 74.4 Å². The first-order valence-electron chi connectivity index (χ1n) is 14.4. The number of fused-ring (bicyclic) bond motifs is 1. The van der Waals surface area contributed by atoms with E-state index in [1.165, 1.54) is 12.0 Å². The van der Waals surface area contributed by atoms with Crippen molar-refractivity contribution in [3.05, 3.63) is 58.8 Å². The summed E-state index contributed by atoms with van der Waals surface area (Å²) in [5.74, 6) is 0.677. The lowest BCUT2D eigenvalue weighted by Crippen LogP contribution is -2.55. The molecule has 2 fully saturated rings. The number of anilines is 1. The fraction of sp³-hybridized carbons (Fsp3) is 0.613. The summed E-state index contributed by atoms with van der Waals surface area (Å²) in [6.45, 7) is 9.03. The van der Waals surface area contributed by atoms with E-state index in [1.807, 2.05) is 23.1 Å². The Bertz CT molecular complexity index is 1090. The van der Waals surface area contributed by atoms with Gasteiger partial charge in [-0.3, -0.25) is 9.69 Å². The van der Waals surface area contributed by atoms with Gasteiger partial charge in [-0.15, -0.1) is 0 Å². The van der Waals surface area contributed by atoms with Gasteiger partial charge in [-0.2, -0.15) is 0 Å². The molecule has 0 radical (unpaired) electrons. The summed E-state index contributed by atoms with van der Waals surface area (Å²) in [5.41, 5.74) is 4.38. The molecule has 1 aromatic carbocycles. The van der Waals surface area contributed by atoms with Crippen LogP contribution in [0.25, 0.3) is 0 Å². The minimum atomic E-state index is -0.791. The van der Waals surface area contributed by atoms with Crippen molar-refractivity contribution < 1.29 is 19.4 Å². The molecule has 0 amide bonds. The highest BCUT2D eigenvalue weighted by Crippen LogP contribution is 2.41. The van der Waals surface area contributed by atoms with Gasteiger partial charge in [0, 0.05) is 38.5 Å². The highest BCUT2D eigenvalue weighted by molar-refractivity contribution is 5.76. The highest BCUT2D eigenvalue weighted by atomic mass is 16.5. The standard InChI is InChI=1S/C31H43N3O4/c1-31(2,23-15-18-37-21-23)27-12-6-5-11-26(27)28(30(35)36)34-19-25(20-34)38-17-7-3-4-10-24-14-13-22-9-8-16-32-29(22)33-24/h5-6,11-14,23,25,28H,3-4,7-10,15-21H2,1-2H3,(H,32,33)(H,35,36). The predicted octanol–water partition coefficient (Wildman–Crippen LogP) is 4.99. The molecule has 38 heavy (non-hydrogen) atoms. The molecule has 1 aromatic heterocycles. The van der Waals surface area contributed by atoms with Crippen molar-refractivity contribution in [1.82, 2.24) is 9.88 Å². The first-order valence-corrected chi connectivity index (χ1v) is 14.4. The van der Waals surface area contributed by atoms with Crippen molar-refractivity contribution in [2.45, 2.75) is 76.4 Å². The van der Waals surface area contributed by atoms with Crippen LogP contribution in [0.4, 0.5) is 5.82 Å². The van der Waals surface area contributed by atoms with Gasteiger partial charge in [0.1, 0.15) is 11.9 Å². The first-order chi connectivity index (χ1) is 18.4. The van der Waals surface area contributed by atoms with Crippen molar-refractivity contribution in [2.75, 3.05) is 44.8 Å². The topological polar surface area (TPSA) is 83.9 Å². The maximum atomic E-state index is 12.5. The number of rotatable bonds is 12. The van der Waals surface area contributed by atoms with Crippen LogP contribution < -0.4 is 5.32 Å². The lowest BCUT2D eigenvalue weighted by molar-refractivity contribution is -0.151. The normalized spacial score (nSPS) is 20.9. The molecule has 3 aliphatic rings. The number of hydrogen-bond acceptors (Lipinski definition) is 6. The molecule has 3 aliphatic heterocycles. The molecular weight excluding hydrogens is 478 g/mol. The molecule has 2 unspecified atom stereocenters. The fourth-order valence-corrected chi connectivity index (χ4v) is 6.26. The van der Waals surface area contributed by atoms with E-state index in [0.717, 1.165) is 87.5 Å². The molecule has 7 nitrogen and oxygen atoms in total. The number of pyridine rings is 1. The number of nitrogens with zero attached hydrogens (tertiary/aromatic N) is 2. The number of carboxylic acid groups (broad SMARTS) is 1. The largest absolute Gasteiger partial charge is 0.480 e. The Morgan fingerprint density at radius 3 is 2.84 bits per heavy atom. The van der Waals surface area contributed by atoms with Gasteiger partial charge in [0.05, 0.1) is 12.7 Å². The van der Waals surface area contributed by atoms with E-state index in [1.54, 1.807) is 0 Å². The molecule has 0 saturated carbocycles. The van der Waals surface area contributed by atoms with Gasteiger partial charge >= 0.3 is 5.97 Å². The summed E-state index contributed by atoms with van der Waals surface area (Å²) in [6.07, 6.45) is 7.65. The van der Waals surface area contributed by atoms with E-state index in [4.69, 9.17) is 14.5 Å². The second kappa shape index (κ2) is 12.1. The monoisotopic (exact) mass is 521 g/mol. The van der Waals surface area contributed by atoms with Gasteiger partial charge in [0.2, 0.25) is 0 Å². The molecule has 0 aliphatic carbocycles. The van der Waals surface area contributed by atoms with Gasteiger partial charge in [0.25, 0.3) is 0 Å². The van der Waals surface area contributed by atoms with E-state index < -0.39 is 12.0 Å². The number of nitrogens with one attached hydrogen (secondary N) is 1. The zero-order valence-electron chi connectivity index (χ0n) is 23.0. The van der Waals surface area contributed by atoms with Gasteiger partial charge < -0.3 is 19.9 Å². The van der Waals surface area contributed by atoms with Crippen LogP contribution >= 0.6 is 0 Å². The van der Waals surface area contributed by atoms with Crippen molar-refractivity contribution in [3.63, 3.8) is 0 Å². The van der Waals surface area contributed by atoms with E-state index in [0.29, 0.717) is 19.0 Å². The van der Waals surface area contributed by atoms with E-state index in [2.05, 4.69) is 37.4 Å². The summed E-state index contributed by atoms with van der Waals surface area (Å²) >= 11 is 0. The van der Waals surface area contributed by atoms with E-state index in [-0.39, 0.29) is 11.5 Å². The Kier molecular flexibility index (Phi) is 8.66. The fourth-order valence-electron chi connectivity index (χ4n) is 6.26. The molecule has 7 heteroatoms. The SMILES string of the molecule is CC(C)(c1ccccc1C(C(=O)O)N1CC(OCCCCCc2ccc3c(n2)NCCC3)C1)C1CCOC1. The Balaban J connectivity index is 1.07. The molecule has 0 bridgehead atoms. The Morgan fingerprint density at radius 2 is 2.05 bits per heavy atom. The molecular formula is C31H43N3O4. The van der Waals surface area contributed by atoms with Crippen molar-refractivity contribution in [2.24, 2.45) is 5.92 Å². The van der Waals surface area contributed by atoms with Crippen LogP contribution in [0.5, 0.6) is 0 Å². The number of unbranched alkanes of at least 4 members (excludes halogenated alkanes) is 2. The van der Waals surface area contributed by atoms with Crippen LogP contribution in [-0.2, 0) is 32.5 Å². The summed E-state index contributed by atoms with van der Waals surface area (Å²) in [6, 6.07) is 11.8. The number of benzene rings is 1. The molecule has 5 rings (SSSR count). The van der Waals surface area contributed by atoms with Crippen LogP contribution in [0.2, 0.25) is 0 Å². The van der Waals surface area contributed by atoms with Crippen LogP contribution in [0, 0.1) is 5.92 Å². The summed E-state index contributed by atoms with van der Waals surface area (Å²) in [4.78, 5) is 19.3. The summed E-state index contributed by atoms with van der Waals surface area (Å²) in [7, 11) is 0. The summed E-state index contributed by atoms with van der Waals surface area (Å²) < 4.78 is 11.8. The second-order valence-electron chi connectivity index (χ2n) is 11.7. The number of carboxylic acids is 1. The minimum absolute atomic E-state index is 0.105. The number of ether oxygens (including phenoxy) is 2. The van der Waals surface area contributed by atoms with Crippen LogP contribution in [-0.4, -0.2) is 66.5 Å². The maximum absolute atomic E-state index is 12.5. The Hall–Kier alpha value is -2.48. The zero-order chi connectivity index (χ0) is 26.5. The first kappa shape index (κ1) is 27.1.